The summed E-state index contributed by atoms with van der Waals surface area (Å²) in [5, 5.41) is 14.0. The van der Waals surface area contributed by atoms with Crippen molar-refractivity contribution in [2.75, 3.05) is 26.2 Å². The van der Waals surface area contributed by atoms with E-state index in [-0.39, 0.29) is 11.8 Å². The highest BCUT2D eigenvalue weighted by Crippen LogP contribution is 2.37. The van der Waals surface area contributed by atoms with E-state index in [0.29, 0.717) is 23.6 Å². The molecule has 8 rings (SSSR count). The number of aryl methyl sites for hydroxylation is 2. The number of H-pyrrole nitrogens is 2. The van der Waals surface area contributed by atoms with Crippen molar-refractivity contribution in [3.63, 3.8) is 0 Å². The van der Waals surface area contributed by atoms with Crippen LogP contribution in [0.1, 0.15) is 69.4 Å². The number of carbonyl (C=O) groups excluding carboxylic acids is 3. The molecule has 13 nitrogen and oxygen atoms in total. The number of rotatable bonds is 7. The lowest BCUT2D eigenvalue weighted by Crippen LogP contribution is -2.38. The maximum Gasteiger partial charge on any atom is 0.250 e. The van der Waals surface area contributed by atoms with Gasteiger partial charge < -0.3 is 31.7 Å². The van der Waals surface area contributed by atoms with Crippen LogP contribution < -0.4 is 16.8 Å². The third kappa shape index (κ3) is 6.74. The summed E-state index contributed by atoms with van der Waals surface area (Å²) in [5.41, 5.74) is 19.9. The molecule has 13 heteroatoms. The minimum atomic E-state index is -0.469. The van der Waals surface area contributed by atoms with Gasteiger partial charge in [0.2, 0.25) is 5.91 Å². The SMILES string of the molecule is C=CC(=O)N1CCCC(c2ccc(C(N)=O)c3[nH]c(-c4cnn(C)c4)cc23)C1.Cn1cc(-c2cc3c(C4CCCNC4)ccc(C(N)=O)c3[nH]2)cn1. The minimum absolute atomic E-state index is 0.0418. The lowest BCUT2D eigenvalue weighted by atomic mass is 9.87. The van der Waals surface area contributed by atoms with Crippen LogP contribution in [0.5, 0.6) is 0 Å². The molecular formula is C39H44N10O3. The average molecular weight is 701 g/mol. The van der Waals surface area contributed by atoms with E-state index in [2.05, 4.69) is 44.2 Å². The summed E-state index contributed by atoms with van der Waals surface area (Å²) < 4.78 is 3.50. The molecule has 2 saturated heterocycles. The lowest BCUT2D eigenvalue weighted by Gasteiger charge is -2.32. The summed E-state index contributed by atoms with van der Waals surface area (Å²) >= 11 is 0. The Balaban J connectivity index is 0.000000164. The van der Waals surface area contributed by atoms with Crippen LogP contribution in [0.2, 0.25) is 0 Å². The van der Waals surface area contributed by atoms with Crippen LogP contribution in [0.4, 0.5) is 0 Å². The molecule has 2 atom stereocenters. The third-order valence-electron chi connectivity index (χ3n) is 10.3. The van der Waals surface area contributed by atoms with Crippen molar-refractivity contribution >= 4 is 39.5 Å². The van der Waals surface area contributed by atoms with Crippen molar-refractivity contribution < 1.29 is 14.4 Å². The first-order valence-electron chi connectivity index (χ1n) is 17.6. The fraction of sp³-hybridized carbons (Fsp3) is 0.308. The van der Waals surface area contributed by atoms with E-state index >= 15 is 0 Å². The molecule has 2 aliphatic rings. The second-order valence-corrected chi connectivity index (χ2v) is 13.8. The normalized spacial score (nSPS) is 17.5. The maximum atomic E-state index is 12.1. The number of aromatic amines is 2. The molecule has 2 unspecified atom stereocenters. The van der Waals surface area contributed by atoms with E-state index in [4.69, 9.17) is 11.5 Å². The molecule has 7 N–H and O–H groups in total. The minimum Gasteiger partial charge on any atom is -0.366 e. The zero-order valence-electron chi connectivity index (χ0n) is 29.5. The van der Waals surface area contributed by atoms with E-state index in [9.17, 15) is 14.4 Å². The highest BCUT2D eigenvalue weighted by atomic mass is 16.2. The lowest BCUT2D eigenvalue weighted by molar-refractivity contribution is -0.127. The van der Waals surface area contributed by atoms with Gasteiger partial charge in [-0.05, 0) is 79.6 Å². The summed E-state index contributed by atoms with van der Waals surface area (Å²) in [4.78, 5) is 44.4. The zero-order chi connectivity index (χ0) is 36.5. The maximum absolute atomic E-state index is 12.1. The van der Waals surface area contributed by atoms with Crippen molar-refractivity contribution in [2.24, 2.45) is 25.6 Å². The molecule has 52 heavy (non-hydrogen) atoms. The fourth-order valence-corrected chi connectivity index (χ4v) is 7.71. The third-order valence-corrected chi connectivity index (χ3v) is 10.3. The first-order chi connectivity index (χ1) is 25.1. The Morgan fingerprint density at radius 1 is 0.808 bits per heavy atom. The largest absolute Gasteiger partial charge is 0.366 e. The number of aromatic nitrogens is 6. The van der Waals surface area contributed by atoms with Crippen LogP contribution in [-0.4, -0.2) is 78.3 Å². The molecule has 0 radical (unpaired) electrons. The second-order valence-electron chi connectivity index (χ2n) is 13.8. The Labute approximate surface area is 301 Å². The van der Waals surface area contributed by atoms with Gasteiger partial charge in [0, 0.05) is 85.3 Å². The van der Waals surface area contributed by atoms with Gasteiger partial charge in [0.15, 0.2) is 0 Å². The van der Waals surface area contributed by atoms with E-state index in [1.54, 1.807) is 21.6 Å². The molecule has 0 aliphatic carbocycles. The van der Waals surface area contributed by atoms with Crippen molar-refractivity contribution in [3.05, 3.63) is 96.1 Å². The molecule has 0 bridgehead atoms. The molecule has 6 aromatic rings. The van der Waals surface area contributed by atoms with Crippen LogP contribution in [-0.2, 0) is 18.9 Å². The standard InChI is InChI=1S/C21H23N5O2.C18H21N5O/c1-3-19(27)26-8-4-5-13(12-26)15-6-7-16(21(22)28)20-17(15)9-18(24-20)14-10-23-25(2)11-14;1-23-10-12(9-21-23)16-7-15-13(11-3-2-6-20-8-11)4-5-14(18(19)24)17(15)22-16/h3,6-7,9-11,13,24H,1,4-5,8,12H2,2H3,(H2,22,28);4-5,7,9-11,20,22H,2-3,6,8H2,1H3,(H2,19,24). The number of nitrogens with zero attached hydrogens (tertiary/aromatic N) is 5. The summed E-state index contributed by atoms with van der Waals surface area (Å²) in [5.74, 6) is -0.267. The van der Waals surface area contributed by atoms with Gasteiger partial charge in [0.1, 0.15) is 0 Å². The van der Waals surface area contributed by atoms with Crippen molar-refractivity contribution in [1.29, 1.82) is 0 Å². The van der Waals surface area contributed by atoms with Gasteiger partial charge >= 0.3 is 0 Å². The number of amides is 3. The predicted octanol–water partition coefficient (Wildman–Crippen LogP) is 4.69. The quantitative estimate of drug-likeness (QED) is 0.150. The molecule has 2 aliphatic heterocycles. The summed E-state index contributed by atoms with van der Waals surface area (Å²) in [7, 11) is 3.75. The number of piperidine rings is 2. The topological polar surface area (TPSA) is 186 Å². The van der Waals surface area contributed by atoms with E-state index in [1.165, 1.54) is 18.1 Å². The number of fused-ring (bicyclic) bond motifs is 2. The van der Waals surface area contributed by atoms with Crippen LogP contribution >= 0.6 is 0 Å². The first-order valence-corrected chi connectivity index (χ1v) is 17.6. The van der Waals surface area contributed by atoms with Gasteiger partial charge in [-0.2, -0.15) is 10.2 Å². The van der Waals surface area contributed by atoms with Crippen molar-refractivity contribution in [1.82, 2.24) is 39.7 Å². The number of nitrogens with one attached hydrogen (secondary N) is 3. The first kappa shape index (κ1) is 34.5. The Morgan fingerprint density at radius 2 is 1.35 bits per heavy atom. The Bertz CT molecular complexity index is 2300. The smallest absolute Gasteiger partial charge is 0.250 e. The van der Waals surface area contributed by atoms with Crippen molar-refractivity contribution in [3.8, 4) is 22.5 Å². The summed E-state index contributed by atoms with van der Waals surface area (Å²) in [6.07, 6.45) is 13.1. The molecule has 2 fully saturated rings. The van der Waals surface area contributed by atoms with Gasteiger partial charge in [-0.15, -0.1) is 0 Å². The molecule has 0 spiro atoms. The Kier molecular flexibility index (Phi) is 9.52. The van der Waals surface area contributed by atoms with Crippen LogP contribution in [0.3, 0.4) is 0 Å². The Morgan fingerprint density at radius 3 is 1.81 bits per heavy atom. The van der Waals surface area contributed by atoms with Crippen LogP contribution in [0.15, 0.2) is 73.8 Å². The van der Waals surface area contributed by atoms with Crippen LogP contribution in [0, 0.1) is 0 Å². The van der Waals surface area contributed by atoms with Gasteiger partial charge in [0.05, 0.1) is 34.6 Å². The fourth-order valence-electron chi connectivity index (χ4n) is 7.71. The van der Waals surface area contributed by atoms with Gasteiger partial charge in [0.25, 0.3) is 11.8 Å². The molecule has 2 aromatic carbocycles. The number of hydrogen-bond acceptors (Lipinski definition) is 6. The van der Waals surface area contributed by atoms with Gasteiger partial charge in [-0.1, -0.05) is 18.7 Å². The van der Waals surface area contributed by atoms with Gasteiger partial charge in [-0.25, -0.2) is 0 Å². The van der Waals surface area contributed by atoms with Crippen molar-refractivity contribution in [2.45, 2.75) is 37.5 Å². The molecule has 6 heterocycles. The highest BCUT2D eigenvalue weighted by Gasteiger charge is 2.27. The molecular weight excluding hydrogens is 656 g/mol. The van der Waals surface area contributed by atoms with E-state index in [1.807, 2.05) is 55.8 Å². The zero-order valence-corrected chi connectivity index (χ0v) is 29.5. The number of primary amides is 2. The number of nitrogens with two attached hydrogens (primary N) is 2. The summed E-state index contributed by atoms with van der Waals surface area (Å²) in [6.45, 7) is 7.04. The summed E-state index contributed by atoms with van der Waals surface area (Å²) in [6, 6.07) is 11.8. The number of benzene rings is 2. The molecule has 4 aromatic heterocycles. The van der Waals surface area contributed by atoms with Crippen LogP contribution in [0.25, 0.3) is 44.3 Å². The molecule has 3 amide bonds. The number of hydrogen-bond donors (Lipinski definition) is 5. The van der Waals surface area contributed by atoms with E-state index < -0.39 is 11.8 Å². The molecule has 0 saturated carbocycles. The highest BCUT2D eigenvalue weighted by molar-refractivity contribution is 6.08. The molecule has 268 valence electrons. The number of likely N-dealkylation sites (tertiary alicyclic amines) is 1. The Hall–Kier alpha value is -5.95. The van der Waals surface area contributed by atoms with Gasteiger partial charge in [-0.3, -0.25) is 23.7 Å². The van der Waals surface area contributed by atoms with E-state index in [0.717, 1.165) is 88.8 Å². The number of carbonyl (C=O) groups is 3. The predicted molar refractivity (Wildman–Crippen MR) is 202 cm³/mol. The monoisotopic (exact) mass is 700 g/mol. The second kappa shape index (κ2) is 14.3. The average Bonchev–Trinajstić information content (AvgIpc) is 3.97.